The highest BCUT2D eigenvalue weighted by Gasteiger charge is 2.20. The summed E-state index contributed by atoms with van der Waals surface area (Å²) in [5, 5.41) is -0.519. The normalized spacial score (nSPS) is 12.6. The Balaban J connectivity index is 2.47. The van der Waals surface area contributed by atoms with Gasteiger partial charge in [-0.2, -0.15) is 8.42 Å². The van der Waals surface area contributed by atoms with E-state index < -0.39 is 31.6 Å². The van der Waals surface area contributed by atoms with Crippen LogP contribution in [-0.2, 0) is 21.5 Å². The van der Waals surface area contributed by atoms with Crippen LogP contribution in [0.3, 0.4) is 0 Å². The van der Waals surface area contributed by atoms with Gasteiger partial charge in [0.25, 0.3) is 10.0 Å². The molecule has 0 amide bonds. The van der Waals surface area contributed by atoms with Gasteiger partial charge in [-0.05, 0) is 12.1 Å². The van der Waals surface area contributed by atoms with Crippen LogP contribution < -0.4 is 5.49 Å². The minimum Gasteiger partial charge on any atom is -0.364 e. The average Bonchev–Trinajstić information content (AvgIpc) is 2.45. The molecule has 1 heterocycles. The number of benzene rings is 1. The Morgan fingerprint density at radius 2 is 2.09 bits per heavy atom. The molecule has 6 nitrogen and oxygen atoms in total. The van der Waals surface area contributed by atoms with Gasteiger partial charge in [-0.15, -0.1) is 4.40 Å². The van der Waals surface area contributed by atoms with Crippen LogP contribution >= 0.6 is 11.6 Å². The monoisotopic (exact) mass is 349 g/mol. The molecule has 0 saturated carbocycles. The molecule has 0 saturated heterocycles. The zero-order valence-electron chi connectivity index (χ0n) is 11.2. The van der Waals surface area contributed by atoms with Crippen molar-refractivity contribution in [3.63, 3.8) is 0 Å². The van der Waals surface area contributed by atoms with Gasteiger partial charge in [0, 0.05) is 19.4 Å². The molecule has 10 heteroatoms. The summed E-state index contributed by atoms with van der Waals surface area (Å²) in [5.74, 6) is -2.34. The molecule has 0 radical (unpaired) electrons. The summed E-state index contributed by atoms with van der Waals surface area (Å²) in [6, 6.07) is 2.36. The van der Waals surface area contributed by atoms with Crippen LogP contribution in [0.5, 0.6) is 0 Å². The van der Waals surface area contributed by atoms with Crippen molar-refractivity contribution in [1.82, 2.24) is 9.55 Å². The summed E-state index contributed by atoms with van der Waals surface area (Å²) < 4.78 is 60.5. The number of methoxy groups -OCH3 is 1. The molecule has 0 fully saturated rings. The largest absolute Gasteiger partial charge is 0.364 e. The quantitative estimate of drug-likeness (QED) is 0.788. The molecule has 2 rings (SSSR count). The standard InChI is InChI=1S/C12H10ClF2N3O3S/c1-21-7-18-3-2-12(16-6-18)17-22(19,20)11-4-8(13)9(14)5-10(11)15/h2-6H,7H2,1H3/b17-12+. The van der Waals surface area contributed by atoms with Gasteiger partial charge in [0.1, 0.15) is 23.3 Å². The van der Waals surface area contributed by atoms with Crippen LogP contribution in [0.25, 0.3) is 0 Å². The van der Waals surface area contributed by atoms with Crippen LogP contribution in [0.1, 0.15) is 0 Å². The summed E-state index contributed by atoms with van der Waals surface area (Å²) in [6.07, 6.45) is 2.78. The molecule has 0 N–H and O–H groups in total. The number of halogens is 3. The van der Waals surface area contributed by atoms with Crippen molar-refractivity contribution < 1.29 is 21.9 Å². The maximum absolute atomic E-state index is 13.6. The van der Waals surface area contributed by atoms with E-state index >= 15 is 0 Å². The van der Waals surface area contributed by atoms with E-state index in [1.54, 1.807) is 0 Å². The fraction of sp³-hybridized carbons (Fsp3) is 0.167. The molecule has 118 valence electrons. The SMILES string of the molecule is COCn1cc/c(=N\S(=O)(=O)c2cc(Cl)c(F)cc2F)nc1. The van der Waals surface area contributed by atoms with Gasteiger partial charge in [-0.25, -0.2) is 13.8 Å². The van der Waals surface area contributed by atoms with Gasteiger partial charge in [0.2, 0.25) is 0 Å². The molecule has 0 atom stereocenters. The highest BCUT2D eigenvalue weighted by molar-refractivity contribution is 7.90. The van der Waals surface area contributed by atoms with E-state index in [2.05, 4.69) is 9.38 Å². The van der Waals surface area contributed by atoms with Crippen LogP contribution in [0.15, 0.2) is 40.0 Å². The second kappa shape index (κ2) is 6.51. The summed E-state index contributed by atoms with van der Waals surface area (Å²) >= 11 is 5.47. The zero-order valence-corrected chi connectivity index (χ0v) is 12.8. The van der Waals surface area contributed by atoms with Gasteiger partial charge in [0.05, 0.1) is 11.3 Å². The second-order valence-corrected chi connectivity index (χ2v) is 6.09. The maximum atomic E-state index is 13.6. The first-order chi connectivity index (χ1) is 10.3. The molecule has 0 aliphatic carbocycles. The molecule has 1 aromatic carbocycles. The van der Waals surface area contributed by atoms with Crippen molar-refractivity contribution in [2.75, 3.05) is 7.11 Å². The van der Waals surface area contributed by atoms with E-state index in [1.807, 2.05) is 0 Å². The molecule has 0 bridgehead atoms. The minimum absolute atomic E-state index is 0.160. The van der Waals surface area contributed by atoms with Crippen molar-refractivity contribution in [1.29, 1.82) is 0 Å². The minimum atomic E-state index is -4.41. The molecule has 1 aromatic heterocycles. The summed E-state index contributed by atoms with van der Waals surface area (Å²) in [6.45, 7) is 0.224. The Morgan fingerprint density at radius 3 is 2.68 bits per heavy atom. The third kappa shape index (κ3) is 3.67. The smallest absolute Gasteiger partial charge is 0.287 e. The van der Waals surface area contributed by atoms with Gasteiger partial charge >= 0.3 is 0 Å². The lowest BCUT2D eigenvalue weighted by Gasteiger charge is -2.03. The predicted octanol–water partition coefficient (Wildman–Crippen LogP) is 1.71. The van der Waals surface area contributed by atoms with E-state index in [0.717, 1.165) is 0 Å². The Bertz CT molecular complexity index is 848. The van der Waals surface area contributed by atoms with Gasteiger partial charge in [0.15, 0.2) is 5.49 Å². The third-order valence-corrected chi connectivity index (χ3v) is 4.08. The first-order valence-corrected chi connectivity index (χ1v) is 7.62. The second-order valence-electron chi connectivity index (χ2n) is 4.11. The van der Waals surface area contributed by atoms with Crippen LogP contribution in [0.4, 0.5) is 8.78 Å². The fourth-order valence-corrected chi connectivity index (χ4v) is 2.78. The Labute approximate surface area is 129 Å². The molecule has 0 aliphatic rings. The number of hydrogen-bond donors (Lipinski definition) is 0. The Morgan fingerprint density at radius 1 is 1.36 bits per heavy atom. The molecule has 22 heavy (non-hydrogen) atoms. The van der Waals surface area contributed by atoms with E-state index in [1.165, 1.54) is 30.3 Å². The fourth-order valence-electron chi connectivity index (χ4n) is 1.53. The molecular weight excluding hydrogens is 340 g/mol. The first-order valence-electron chi connectivity index (χ1n) is 5.80. The van der Waals surface area contributed by atoms with E-state index in [0.29, 0.717) is 12.1 Å². The maximum Gasteiger partial charge on any atom is 0.287 e. The van der Waals surface area contributed by atoms with Crippen molar-refractivity contribution in [3.8, 4) is 0 Å². The lowest BCUT2D eigenvalue weighted by atomic mass is 10.3. The molecular formula is C12H10ClF2N3O3S. The van der Waals surface area contributed by atoms with Gasteiger partial charge in [-0.3, -0.25) is 0 Å². The van der Waals surface area contributed by atoms with Crippen molar-refractivity contribution >= 4 is 21.6 Å². The van der Waals surface area contributed by atoms with Crippen molar-refractivity contribution in [3.05, 3.63) is 52.9 Å². The zero-order chi connectivity index (χ0) is 16.3. The third-order valence-electron chi connectivity index (χ3n) is 2.50. The number of aromatic nitrogens is 2. The first kappa shape index (κ1) is 16.5. The Hall–Kier alpha value is -1.84. The molecule has 0 unspecified atom stereocenters. The van der Waals surface area contributed by atoms with Gasteiger partial charge < -0.3 is 9.30 Å². The predicted molar refractivity (Wildman–Crippen MR) is 73.4 cm³/mol. The summed E-state index contributed by atoms with van der Waals surface area (Å²) in [5.41, 5.74) is -0.160. The number of nitrogens with zero attached hydrogens (tertiary/aromatic N) is 3. The average molecular weight is 350 g/mol. The molecule has 0 aliphatic heterocycles. The molecule has 2 aromatic rings. The summed E-state index contributed by atoms with van der Waals surface area (Å²) in [4.78, 5) is 2.96. The lowest BCUT2D eigenvalue weighted by molar-refractivity contribution is 0.129. The van der Waals surface area contributed by atoms with Crippen molar-refractivity contribution in [2.24, 2.45) is 4.40 Å². The van der Waals surface area contributed by atoms with E-state index in [-0.39, 0.29) is 12.2 Å². The Kier molecular flexibility index (Phi) is 4.89. The van der Waals surface area contributed by atoms with Crippen molar-refractivity contribution in [2.45, 2.75) is 11.6 Å². The number of sulfonamides is 1. The number of ether oxygens (including phenoxy) is 1. The lowest BCUT2D eigenvalue weighted by Crippen LogP contribution is -2.15. The highest BCUT2D eigenvalue weighted by Crippen LogP contribution is 2.23. The number of rotatable bonds is 4. The van der Waals surface area contributed by atoms with Crippen LogP contribution in [0, 0.1) is 11.6 Å². The highest BCUT2D eigenvalue weighted by atomic mass is 35.5. The van der Waals surface area contributed by atoms with E-state index in [4.69, 9.17) is 16.3 Å². The summed E-state index contributed by atoms with van der Waals surface area (Å²) in [7, 11) is -2.93. The van der Waals surface area contributed by atoms with E-state index in [9.17, 15) is 17.2 Å². The topological polar surface area (TPSA) is 73.6 Å². The van der Waals surface area contributed by atoms with Crippen LogP contribution in [-0.4, -0.2) is 25.1 Å². The molecule has 0 spiro atoms. The van der Waals surface area contributed by atoms with Crippen LogP contribution in [0.2, 0.25) is 5.02 Å². The van der Waals surface area contributed by atoms with Gasteiger partial charge in [-0.1, -0.05) is 11.6 Å². The number of hydrogen-bond acceptors (Lipinski definition) is 4.